The van der Waals surface area contributed by atoms with Gasteiger partial charge in [0.25, 0.3) is 0 Å². The molecule has 0 aliphatic rings. The van der Waals surface area contributed by atoms with E-state index in [1.807, 2.05) is 0 Å². The van der Waals surface area contributed by atoms with E-state index >= 15 is 0 Å². The first-order valence-electron chi connectivity index (χ1n) is 6.91. The Kier molecular flexibility index (Phi) is 2.50. The maximum Gasteiger partial charge on any atom is 0.0528 e. The second kappa shape index (κ2) is 3.86. The minimum atomic E-state index is 0.0832. The molecular weight excluding hydrogens is 230 g/mol. The standard InChI is InChI=1S/C18H21N/c1-12-10-11-15-14-8-6-7-9-16(14)19(18(3,4)5)17(15)13(12)2/h6-11H,1-5H3. The molecule has 0 fully saturated rings. The Balaban J connectivity index is 2.65. The fraction of sp³-hybridized carbons (Fsp3) is 0.333. The van der Waals surface area contributed by atoms with Crippen molar-refractivity contribution in [3.05, 3.63) is 47.5 Å². The molecule has 0 aliphatic heterocycles. The normalized spacial score (nSPS) is 12.5. The predicted octanol–water partition coefficient (Wildman–Crippen LogP) is 5.17. The molecule has 0 amide bonds. The van der Waals surface area contributed by atoms with E-state index in [0.29, 0.717) is 0 Å². The summed E-state index contributed by atoms with van der Waals surface area (Å²) in [6.45, 7) is 11.3. The number of benzene rings is 2. The van der Waals surface area contributed by atoms with Crippen LogP contribution in [-0.2, 0) is 5.54 Å². The number of para-hydroxylation sites is 1. The van der Waals surface area contributed by atoms with Crippen molar-refractivity contribution >= 4 is 21.8 Å². The lowest BCUT2D eigenvalue weighted by molar-refractivity contribution is 0.423. The van der Waals surface area contributed by atoms with E-state index in [0.717, 1.165) is 0 Å². The van der Waals surface area contributed by atoms with Gasteiger partial charge in [0.2, 0.25) is 0 Å². The van der Waals surface area contributed by atoms with E-state index in [9.17, 15) is 0 Å². The Morgan fingerprint density at radius 1 is 0.842 bits per heavy atom. The first-order chi connectivity index (χ1) is 8.91. The number of hydrogen-bond donors (Lipinski definition) is 0. The van der Waals surface area contributed by atoms with Crippen molar-refractivity contribution in [2.45, 2.75) is 40.2 Å². The average Bonchev–Trinajstić information content (AvgIpc) is 2.69. The van der Waals surface area contributed by atoms with Crippen LogP contribution < -0.4 is 0 Å². The Bertz CT molecular complexity index is 770. The molecule has 19 heavy (non-hydrogen) atoms. The largest absolute Gasteiger partial charge is 0.335 e. The summed E-state index contributed by atoms with van der Waals surface area (Å²) in [5.41, 5.74) is 5.55. The van der Waals surface area contributed by atoms with Gasteiger partial charge in [0.05, 0.1) is 5.52 Å². The highest BCUT2D eigenvalue weighted by atomic mass is 15.0. The van der Waals surface area contributed by atoms with Gasteiger partial charge in [0.1, 0.15) is 0 Å². The van der Waals surface area contributed by atoms with E-state index in [-0.39, 0.29) is 5.54 Å². The molecule has 0 atom stereocenters. The lowest BCUT2D eigenvalue weighted by Crippen LogP contribution is -2.21. The zero-order valence-corrected chi connectivity index (χ0v) is 12.4. The number of hydrogen-bond acceptors (Lipinski definition) is 0. The predicted molar refractivity (Wildman–Crippen MR) is 83.9 cm³/mol. The van der Waals surface area contributed by atoms with Gasteiger partial charge in [0, 0.05) is 21.8 Å². The summed E-state index contributed by atoms with van der Waals surface area (Å²) < 4.78 is 2.49. The highest BCUT2D eigenvalue weighted by Crippen LogP contribution is 2.36. The van der Waals surface area contributed by atoms with Crippen LogP contribution in [0.15, 0.2) is 36.4 Å². The van der Waals surface area contributed by atoms with Gasteiger partial charge in [-0.3, -0.25) is 0 Å². The molecule has 0 spiro atoms. The lowest BCUT2D eigenvalue weighted by atomic mass is 10.0. The number of rotatable bonds is 0. The SMILES string of the molecule is Cc1ccc2c3ccccc3n(C(C)(C)C)c2c1C. The van der Waals surface area contributed by atoms with Gasteiger partial charge in [-0.15, -0.1) is 0 Å². The molecule has 0 saturated heterocycles. The van der Waals surface area contributed by atoms with Crippen LogP contribution in [-0.4, -0.2) is 4.57 Å². The quantitative estimate of drug-likeness (QED) is 0.519. The topological polar surface area (TPSA) is 4.93 Å². The summed E-state index contributed by atoms with van der Waals surface area (Å²) in [6, 6.07) is 13.2. The first kappa shape index (κ1) is 12.3. The second-order valence-corrected chi connectivity index (χ2v) is 6.43. The lowest BCUT2D eigenvalue weighted by Gasteiger charge is -2.25. The van der Waals surface area contributed by atoms with Crippen molar-refractivity contribution in [1.29, 1.82) is 0 Å². The van der Waals surface area contributed by atoms with E-state index in [1.165, 1.54) is 32.9 Å². The van der Waals surface area contributed by atoms with Gasteiger partial charge in [0.15, 0.2) is 0 Å². The first-order valence-corrected chi connectivity index (χ1v) is 6.91. The summed E-state index contributed by atoms with van der Waals surface area (Å²) in [7, 11) is 0. The van der Waals surface area contributed by atoms with Crippen molar-refractivity contribution in [2.75, 3.05) is 0 Å². The molecule has 2 aromatic carbocycles. The minimum absolute atomic E-state index is 0.0832. The molecule has 1 nitrogen and oxygen atoms in total. The van der Waals surface area contributed by atoms with Crippen molar-refractivity contribution in [3.63, 3.8) is 0 Å². The van der Waals surface area contributed by atoms with Crippen LogP contribution in [0.4, 0.5) is 0 Å². The Hall–Kier alpha value is -1.76. The van der Waals surface area contributed by atoms with Crippen LogP contribution in [0.5, 0.6) is 0 Å². The second-order valence-electron chi connectivity index (χ2n) is 6.43. The summed E-state index contributed by atoms with van der Waals surface area (Å²) in [5, 5.41) is 2.73. The number of aromatic nitrogens is 1. The Morgan fingerprint density at radius 3 is 2.21 bits per heavy atom. The van der Waals surface area contributed by atoms with Gasteiger partial charge in [-0.05, 0) is 51.8 Å². The van der Waals surface area contributed by atoms with E-state index in [2.05, 4.69) is 75.6 Å². The smallest absolute Gasteiger partial charge is 0.0528 e. The van der Waals surface area contributed by atoms with Crippen LogP contribution >= 0.6 is 0 Å². The molecule has 0 bridgehead atoms. The van der Waals surface area contributed by atoms with Crippen molar-refractivity contribution in [1.82, 2.24) is 4.57 Å². The third kappa shape index (κ3) is 1.68. The molecule has 0 N–H and O–H groups in total. The molecule has 98 valence electrons. The molecule has 3 aromatic rings. The third-order valence-electron chi connectivity index (χ3n) is 4.03. The molecule has 1 heteroatoms. The van der Waals surface area contributed by atoms with E-state index in [1.54, 1.807) is 0 Å². The van der Waals surface area contributed by atoms with Crippen LogP contribution in [0.2, 0.25) is 0 Å². The van der Waals surface area contributed by atoms with E-state index in [4.69, 9.17) is 0 Å². The Morgan fingerprint density at radius 2 is 1.53 bits per heavy atom. The number of aryl methyl sites for hydroxylation is 2. The van der Waals surface area contributed by atoms with Gasteiger partial charge in [-0.2, -0.15) is 0 Å². The number of nitrogens with zero attached hydrogens (tertiary/aromatic N) is 1. The molecule has 1 aromatic heterocycles. The molecule has 0 saturated carbocycles. The Labute approximate surface area is 114 Å². The van der Waals surface area contributed by atoms with Gasteiger partial charge < -0.3 is 4.57 Å². The molecule has 0 unspecified atom stereocenters. The van der Waals surface area contributed by atoms with Crippen LogP contribution in [0.25, 0.3) is 21.8 Å². The van der Waals surface area contributed by atoms with Gasteiger partial charge in [-0.1, -0.05) is 30.3 Å². The summed E-state index contributed by atoms with van der Waals surface area (Å²) in [5.74, 6) is 0. The van der Waals surface area contributed by atoms with Gasteiger partial charge >= 0.3 is 0 Å². The highest BCUT2D eigenvalue weighted by molar-refractivity contribution is 6.09. The van der Waals surface area contributed by atoms with E-state index < -0.39 is 0 Å². The average molecular weight is 251 g/mol. The summed E-state index contributed by atoms with van der Waals surface area (Å²) >= 11 is 0. The monoisotopic (exact) mass is 251 g/mol. The van der Waals surface area contributed by atoms with Crippen molar-refractivity contribution in [3.8, 4) is 0 Å². The molecule has 1 heterocycles. The molecular formula is C18H21N. The fourth-order valence-corrected chi connectivity index (χ4v) is 3.02. The zero-order valence-electron chi connectivity index (χ0n) is 12.4. The molecule has 0 radical (unpaired) electrons. The van der Waals surface area contributed by atoms with Crippen molar-refractivity contribution in [2.24, 2.45) is 0 Å². The van der Waals surface area contributed by atoms with Gasteiger partial charge in [-0.25, -0.2) is 0 Å². The third-order valence-corrected chi connectivity index (χ3v) is 4.03. The van der Waals surface area contributed by atoms with Crippen LogP contribution in [0.1, 0.15) is 31.9 Å². The number of fused-ring (bicyclic) bond motifs is 3. The summed E-state index contributed by atoms with van der Waals surface area (Å²) in [4.78, 5) is 0. The maximum atomic E-state index is 2.49. The molecule has 0 aliphatic carbocycles. The minimum Gasteiger partial charge on any atom is -0.335 e. The zero-order chi connectivity index (χ0) is 13.8. The summed E-state index contributed by atoms with van der Waals surface area (Å²) in [6.07, 6.45) is 0. The highest BCUT2D eigenvalue weighted by Gasteiger charge is 2.21. The molecule has 3 rings (SSSR count). The maximum absolute atomic E-state index is 2.49. The van der Waals surface area contributed by atoms with Crippen molar-refractivity contribution < 1.29 is 0 Å². The van der Waals surface area contributed by atoms with Crippen LogP contribution in [0, 0.1) is 13.8 Å². The fourth-order valence-electron chi connectivity index (χ4n) is 3.02. The van der Waals surface area contributed by atoms with Crippen LogP contribution in [0.3, 0.4) is 0 Å².